The van der Waals surface area contributed by atoms with Gasteiger partial charge in [0.25, 0.3) is 10.1 Å². The van der Waals surface area contributed by atoms with Crippen molar-refractivity contribution in [3.63, 3.8) is 0 Å². The fraction of sp³-hybridized carbons (Fsp3) is 0.600. The number of likely N-dealkylation sites (tertiary alicyclic amines) is 1. The van der Waals surface area contributed by atoms with E-state index < -0.39 is 71.9 Å². The molecule has 0 aromatic rings. The van der Waals surface area contributed by atoms with Crippen molar-refractivity contribution in [1.82, 2.24) is 4.90 Å². The third-order valence-corrected chi connectivity index (χ3v) is 5.73. The molecule has 15 nitrogen and oxygen atoms in total. The fourth-order valence-corrected chi connectivity index (χ4v) is 4.75. The smallest absolute Gasteiger partial charge is 0.350 e. The topological polar surface area (TPSA) is 261 Å². The first-order valence-electron chi connectivity index (χ1n) is 6.57. The molecule has 27 heavy (non-hydrogen) atoms. The Morgan fingerprint density at radius 1 is 0.963 bits per heavy atom. The van der Waals surface area contributed by atoms with Gasteiger partial charge in [-0.2, -0.15) is 16.8 Å². The molecule has 0 aromatic carbocycles. The highest BCUT2D eigenvalue weighted by Crippen LogP contribution is 2.35. The first-order chi connectivity index (χ1) is 12.1. The lowest BCUT2D eigenvalue weighted by atomic mass is 10.1. The Morgan fingerprint density at radius 2 is 1.33 bits per heavy atom. The van der Waals surface area contributed by atoms with Crippen molar-refractivity contribution in [2.24, 2.45) is 0 Å². The fourth-order valence-electron chi connectivity index (χ4n) is 2.13. The number of aliphatic hydroxyl groups excluding tert-OH is 2. The first kappa shape index (κ1) is 24.8. The second kappa shape index (κ2) is 8.67. The van der Waals surface area contributed by atoms with Crippen molar-refractivity contribution in [3.8, 4) is 0 Å². The molecule has 0 saturated carbocycles. The number of nitrogens with zero attached hydrogens (tertiary/aromatic N) is 1. The number of hydrogen-bond acceptors (Lipinski definition) is 10. The van der Waals surface area contributed by atoms with E-state index in [2.05, 4.69) is 0 Å². The van der Waals surface area contributed by atoms with Gasteiger partial charge in [-0.3, -0.25) is 23.5 Å². The number of carboxylic acids is 2. The Kier molecular flexibility index (Phi) is 7.97. The van der Waals surface area contributed by atoms with E-state index in [1.807, 2.05) is 0 Å². The lowest BCUT2D eigenvalue weighted by molar-refractivity contribution is -0.160. The van der Waals surface area contributed by atoms with E-state index in [0.29, 0.717) is 0 Å². The van der Waals surface area contributed by atoms with Crippen molar-refractivity contribution < 1.29 is 65.5 Å². The Balaban J connectivity index is 0.00000153. The van der Waals surface area contributed by atoms with Crippen molar-refractivity contribution in [2.75, 3.05) is 13.2 Å². The summed E-state index contributed by atoms with van der Waals surface area (Å²) in [6, 6.07) is 0. The molecule has 0 bridgehead atoms. The van der Waals surface area contributed by atoms with Crippen LogP contribution in [0.15, 0.2) is 0 Å². The molecule has 1 aliphatic rings. The summed E-state index contributed by atoms with van der Waals surface area (Å²) >= 11 is 0. The molecule has 0 spiro atoms. The molecule has 1 saturated heterocycles. The number of rotatable bonds is 7. The van der Waals surface area contributed by atoms with Crippen LogP contribution in [-0.4, -0.2) is 98.4 Å². The van der Waals surface area contributed by atoms with Gasteiger partial charge < -0.3 is 20.4 Å². The molecule has 1 rings (SSSR count). The second-order valence-corrected chi connectivity index (χ2v) is 7.85. The summed E-state index contributed by atoms with van der Waals surface area (Å²) in [4.78, 5) is 40.6. The van der Waals surface area contributed by atoms with Crippen molar-refractivity contribution in [3.05, 3.63) is 0 Å². The number of carboxylic acid groups (broad SMARTS) is 2. The van der Waals surface area contributed by atoms with Gasteiger partial charge in [-0.15, -0.1) is 0 Å². The van der Waals surface area contributed by atoms with Gasteiger partial charge >= 0.3 is 26.9 Å². The van der Waals surface area contributed by atoms with Crippen LogP contribution in [-0.2, 0) is 39.4 Å². The van der Waals surface area contributed by atoms with E-state index >= 15 is 0 Å². The van der Waals surface area contributed by atoms with Crippen LogP contribution in [0, 0.1) is 0 Å². The molecule has 1 heterocycles. The average Bonchev–Trinajstić information content (AvgIpc) is 2.81. The van der Waals surface area contributed by atoms with Gasteiger partial charge in [0.2, 0.25) is 17.1 Å². The highest BCUT2D eigenvalue weighted by Gasteiger charge is 2.72. The van der Waals surface area contributed by atoms with Crippen LogP contribution in [0.5, 0.6) is 0 Å². The summed E-state index contributed by atoms with van der Waals surface area (Å²) in [7, 11) is -12.2. The minimum atomic E-state index is -6.24. The molecule has 17 heteroatoms. The SMILES string of the molecule is O=C(O)C(C(C(=O)O)(N1C(=O)CCC1=O)S(=O)(=O)O)S(=O)(=O)O.OCCO. The van der Waals surface area contributed by atoms with Crippen LogP contribution in [0.1, 0.15) is 12.8 Å². The number of aliphatic hydroxyl groups is 2. The monoisotopic (exact) mass is 437 g/mol. The maximum Gasteiger partial charge on any atom is 0.350 e. The van der Waals surface area contributed by atoms with E-state index in [-0.39, 0.29) is 13.2 Å². The van der Waals surface area contributed by atoms with E-state index in [4.69, 9.17) is 25.0 Å². The van der Waals surface area contributed by atoms with Crippen molar-refractivity contribution >= 4 is 44.0 Å². The molecule has 0 radical (unpaired) electrons. The van der Waals surface area contributed by atoms with Crippen LogP contribution in [0.25, 0.3) is 0 Å². The molecule has 156 valence electrons. The number of hydrogen-bond donors (Lipinski definition) is 6. The van der Waals surface area contributed by atoms with Crippen LogP contribution in [0.2, 0.25) is 0 Å². The van der Waals surface area contributed by atoms with Crippen LogP contribution in [0.4, 0.5) is 0 Å². The van der Waals surface area contributed by atoms with Crippen LogP contribution < -0.4 is 0 Å². The summed E-state index contributed by atoms with van der Waals surface area (Å²) in [6.45, 7) is -0.250. The largest absolute Gasteiger partial charge is 0.480 e. The standard InChI is InChI=1S/C8H9NO12S2.C2H6O2/c10-3-1-2-4(11)9(3)8(7(14)15,23(19,20)21)5(6(12)13)22(16,17)18;3-1-2-4/h5H,1-2H2,(H,12,13)(H,14,15)(H,16,17,18)(H,19,20,21);3-4H,1-2H2. The first-order valence-corrected chi connectivity index (χ1v) is 9.52. The predicted molar refractivity (Wildman–Crippen MR) is 80.1 cm³/mol. The summed E-state index contributed by atoms with van der Waals surface area (Å²) in [5.74, 6) is -8.68. The van der Waals surface area contributed by atoms with Gasteiger partial charge in [0.05, 0.1) is 13.2 Å². The van der Waals surface area contributed by atoms with Gasteiger partial charge in [-0.1, -0.05) is 0 Å². The molecule has 2 unspecified atom stereocenters. The lowest BCUT2D eigenvalue weighted by Gasteiger charge is -2.35. The number of carbonyl (C=O) groups is 4. The number of imide groups is 1. The molecular weight excluding hydrogens is 422 g/mol. The van der Waals surface area contributed by atoms with Gasteiger partial charge in [0.1, 0.15) is 0 Å². The highest BCUT2D eigenvalue weighted by atomic mass is 32.2. The second-order valence-electron chi connectivity index (χ2n) is 4.78. The molecule has 0 aromatic heterocycles. The zero-order valence-corrected chi connectivity index (χ0v) is 14.8. The third-order valence-electron chi connectivity index (χ3n) is 3.06. The maximum atomic E-state index is 11.6. The Bertz CT molecular complexity index is 812. The molecule has 1 fully saturated rings. The normalized spacial score (nSPS) is 18.3. The number of carbonyl (C=O) groups excluding carboxylic acids is 2. The minimum Gasteiger partial charge on any atom is -0.480 e. The van der Waals surface area contributed by atoms with E-state index in [9.17, 15) is 40.6 Å². The summed E-state index contributed by atoms with van der Waals surface area (Å²) < 4.78 is 63.7. The summed E-state index contributed by atoms with van der Waals surface area (Å²) in [6.07, 6.45) is -1.50. The molecule has 0 aliphatic carbocycles. The molecule has 2 atom stereocenters. The predicted octanol–water partition coefficient (Wildman–Crippen LogP) is -3.88. The Hall–Kier alpha value is -2.18. The Morgan fingerprint density at radius 3 is 1.52 bits per heavy atom. The highest BCUT2D eigenvalue weighted by molar-refractivity contribution is 7.92. The molecule has 1 aliphatic heterocycles. The van der Waals surface area contributed by atoms with Gasteiger partial charge in [0, 0.05) is 12.8 Å². The molecular formula is C10H15NO14S2. The zero-order valence-electron chi connectivity index (χ0n) is 13.1. The maximum absolute atomic E-state index is 11.6. The summed E-state index contributed by atoms with van der Waals surface area (Å²) in [5.41, 5.74) is 0. The zero-order chi connectivity index (χ0) is 21.8. The van der Waals surface area contributed by atoms with Crippen LogP contribution >= 0.6 is 0 Å². The van der Waals surface area contributed by atoms with Crippen LogP contribution in [0.3, 0.4) is 0 Å². The average molecular weight is 437 g/mol. The number of amides is 2. The molecule has 6 N–H and O–H groups in total. The third kappa shape index (κ3) is 4.76. The van der Waals surface area contributed by atoms with E-state index in [0.717, 1.165) is 0 Å². The van der Waals surface area contributed by atoms with Crippen molar-refractivity contribution in [2.45, 2.75) is 23.0 Å². The van der Waals surface area contributed by atoms with E-state index in [1.54, 1.807) is 0 Å². The van der Waals surface area contributed by atoms with Gasteiger partial charge in [-0.25, -0.2) is 9.69 Å². The van der Waals surface area contributed by atoms with Gasteiger partial charge in [0.15, 0.2) is 0 Å². The van der Waals surface area contributed by atoms with E-state index in [1.165, 1.54) is 0 Å². The quantitative estimate of drug-likeness (QED) is 0.164. The molecule has 2 amide bonds. The van der Waals surface area contributed by atoms with Crippen molar-refractivity contribution in [1.29, 1.82) is 0 Å². The lowest BCUT2D eigenvalue weighted by Crippen LogP contribution is -2.71. The minimum absolute atomic E-state index is 0.125. The number of aliphatic carboxylic acids is 2. The summed E-state index contributed by atoms with van der Waals surface area (Å²) in [5, 5.41) is 29.5. The van der Waals surface area contributed by atoms with Gasteiger partial charge in [-0.05, 0) is 0 Å². The Labute approximate surface area is 151 Å².